The molecule has 6 heteroatoms. The van der Waals surface area contributed by atoms with Gasteiger partial charge in [-0.05, 0) is 43.0 Å². The second-order valence-electron chi connectivity index (χ2n) is 5.73. The summed E-state index contributed by atoms with van der Waals surface area (Å²) in [5.41, 5.74) is 7.42. The molecule has 0 bridgehead atoms. The van der Waals surface area contributed by atoms with E-state index in [2.05, 4.69) is 0 Å². The van der Waals surface area contributed by atoms with Crippen molar-refractivity contribution in [3.05, 3.63) is 29.3 Å². The number of aliphatic hydroxyl groups excluding tert-OH is 1. The van der Waals surface area contributed by atoms with E-state index in [4.69, 9.17) is 5.73 Å². The molecular formula is C15H24N2O3S. The van der Waals surface area contributed by atoms with E-state index in [9.17, 15) is 13.5 Å². The smallest absolute Gasteiger partial charge is 0.243 e. The Balaban J connectivity index is 2.30. The van der Waals surface area contributed by atoms with Crippen molar-refractivity contribution < 1.29 is 13.5 Å². The topological polar surface area (TPSA) is 83.6 Å². The second-order valence-corrected chi connectivity index (χ2v) is 7.73. The van der Waals surface area contributed by atoms with Crippen LogP contribution in [0.15, 0.2) is 23.1 Å². The molecule has 1 fully saturated rings. The zero-order chi connectivity index (χ0) is 15.6. The summed E-state index contributed by atoms with van der Waals surface area (Å²) in [7, 11) is -2.03. The number of sulfonamides is 1. The fraction of sp³-hybridized carbons (Fsp3) is 0.600. The van der Waals surface area contributed by atoms with Crippen molar-refractivity contribution in [2.45, 2.75) is 56.2 Å². The van der Waals surface area contributed by atoms with Crippen molar-refractivity contribution in [3.8, 4) is 0 Å². The molecule has 0 aromatic heterocycles. The molecule has 5 nitrogen and oxygen atoms in total. The van der Waals surface area contributed by atoms with Crippen LogP contribution in [0, 0.1) is 6.92 Å². The lowest BCUT2D eigenvalue weighted by atomic mass is 9.93. The molecule has 1 aromatic carbocycles. The molecule has 118 valence electrons. The maximum absolute atomic E-state index is 12.7. The van der Waals surface area contributed by atoms with Crippen molar-refractivity contribution in [2.24, 2.45) is 5.73 Å². The van der Waals surface area contributed by atoms with Crippen LogP contribution in [0.4, 0.5) is 0 Å². The maximum Gasteiger partial charge on any atom is 0.243 e. The van der Waals surface area contributed by atoms with Gasteiger partial charge in [-0.2, -0.15) is 4.31 Å². The van der Waals surface area contributed by atoms with Crippen molar-refractivity contribution in [2.75, 3.05) is 7.05 Å². The number of hydrogen-bond donors (Lipinski definition) is 2. The van der Waals surface area contributed by atoms with Crippen molar-refractivity contribution in [1.82, 2.24) is 4.31 Å². The Morgan fingerprint density at radius 3 is 2.57 bits per heavy atom. The Morgan fingerprint density at radius 1 is 1.33 bits per heavy atom. The number of aliphatic hydroxyl groups is 1. The monoisotopic (exact) mass is 312 g/mol. The maximum atomic E-state index is 12.7. The average molecular weight is 312 g/mol. The van der Waals surface area contributed by atoms with E-state index in [1.165, 1.54) is 4.31 Å². The Labute approximate surface area is 126 Å². The highest BCUT2D eigenvalue weighted by Crippen LogP contribution is 2.27. The largest absolute Gasteiger partial charge is 0.391 e. The van der Waals surface area contributed by atoms with Crippen LogP contribution in [-0.4, -0.2) is 37.0 Å². The highest BCUT2D eigenvalue weighted by Gasteiger charge is 2.34. The lowest BCUT2D eigenvalue weighted by Crippen LogP contribution is -2.46. The minimum atomic E-state index is -3.59. The third-order valence-electron chi connectivity index (χ3n) is 4.37. The number of aryl methyl sites for hydroxylation is 1. The van der Waals surface area contributed by atoms with E-state index in [0.29, 0.717) is 19.4 Å². The predicted octanol–water partition coefficient (Wildman–Crippen LogP) is 1.38. The summed E-state index contributed by atoms with van der Waals surface area (Å²) in [5, 5.41) is 10.1. The molecule has 0 radical (unpaired) electrons. The van der Waals surface area contributed by atoms with Crippen molar-refractivity contribution in [1.29, 1.82) is 0 Å². The summed E-state index contributed by atoms with van der Waals surface area (Å²) < 4.78 is 26.8. The summed E-state index contributed by atoms with van der Waals surface area (Å²) in [6.07, 6.45) is 2.69. The minimum Gasteiger partial charge on any atom is -0.391 e. The van der Waals surface area contributed by atoms with E-state index in [0.717, 1.165) is 24.0 Å². The van der Waals surface area contributed by atoms with Crippen LogP contribution in [0.3, 0.4) is 0 Å². The van der Waals surface area contributed by atoms with E-state index in [-0.39, 0.29) is 10.9 Å². The van der Waals surface area contributed by atoms with Gasteiger partial charge in [-0.25, -0.2) is 8.42 Å². The van der Waals surface area contributed by atoms with Gasteiger partial charge in [-0.15, -0.1) is 0 Å². The van der Waals surface area contributed by atoms with Gasteiger partial charge in [0.05, 0.1) is 17.0 Å². The molecule has 0 amide bonds. The minimum absolute atomic E-state index is 0.262. The van der Waals surface area contributed by atoms with Gasteiger partial charge in [0.1, 0.15) is 0 Å². The lowest BCUT2D eigenvalue weighted by Gasteiger charge is -2.34. The number of benzene rings is 1. The highest BCUT2D eigenvalue weighted by molar-refractivity contribution is 7.89. The molecule has 1 aliphatic carbocycles. The highest BCUT2D eigenvalue weighted by atomic mass is 32.2. The first kappa shape index (κ1) is 16.4. The van der Waals surface area contributed by atoms with Gasteiger partial charge < -0.3 is 10.8 Å². The quantitative estimate of drug-likeness (QED) is 0.880. The molecule has 0 aliphatic heterocycles. The molecular weight excluding hydrogens is 288 g/mol. The van der Waals surface area contributed by atoms with Crippen LogP contribution in [0.1, 0.15) is 36.8 Å². The van der Waals surface area contributed by atoms with Crippen LogP contribution in [0.5, 0.6) is 0 Å². The number of likely N-dealkylation sites (N-methyl/N-ethyl adjacent to an activating group) is 1. The normalized spacial score (nSPS) is 23.5. The van der Waals surface area contributed by atoms with Gasteiger partial charge in [0.15, 0.2) is 0 Å². The van der Waals surface area contributed by atoms with E-state index >= 15 is 0 Å². The van der Waals surface area contributed by atoms with Gasteiger partial charge >= 0.3 is 0 Å². The molecule has 2 rings (SSSR count). The van der Waals surface area contributed by atoms with Crippen LogP contribution >= 0.6 is 0 Å². The van der Waals surface area contributed by atoms with Crippen LogP contribution < -0.4 is 5.73 Å². The molecule has 2 unspecified atom stereocenters. The number of rotatable bonds is 4. The van der Waals surface area contributed by atoms with Crippen LogP contribution in [0.2, 0.25) is 0 Å². The summed E-state index contributed by atoms with van der Waals surface area (Å²) in [4.78, 5) is 0.262. The van der Waals surface area contributed by atoms with Gasteiger partial charge in [0.25, 0.3) is 0 Å². The molecule has 0 spiro atoms. The molecule has 0 heterocycles. The predicted molar refractivity (Wildman–Crippen MR) is 82.3 cm³/mol. The molecule has 21 heavy (non-hydrogen) atoms. The van der Waals surface area contributed by atoms with Crippen molar-refractivity contribution >= 4 is 10.0 Å². The van der Waals surface area contributed by atoms with E-state index in [1.54, 1.807) is 25.2 Å². The number of hydrogen-bond acceptors (Lipinski definition) is 4. The van der Waals surface area contributed by atoms with Gasteiger partial charge in [0.2, 0.25) is 10.0 Å². The third-order valence-corrected chi connectivity index (χ3v) is 6.25. The average Bonchev–Trinajstić information content (AvgIpc) is 2.47. The van der Waals surface area contributed by atoms with E-state index < -0.39 is 16.1 Å². The first-order valence-corrected chi connectivity index (χ1v) is 8.77. The SMILES string of the molecule is Cc1cc(S(=O)(=O)N(C)C2CCCCC2O)ccc1CN. The summed E-state index contributed by atoms with van der Waals surface area (Å²) in [6.45, 7) is 2.25. The first-order valence-electron chi connectivity index (χ1n) is 7.33. The van der Waals surface area contributed by atoms with Crippen molar-refractivity contribution in [3.63, 3.8) is 0 Å². The van der Waals surface area contributed by atoms with Gasteiger partial charge in [-0.3, -0.25) is 0 Å². The Kier molecular flexibility index (Phi) is 5.03. The Hall–Kier alpha value is -0.950. The molecule has 1 saturated carbocycles. The van der Waals surface area contributed by atoms with Crippen LogP contribution in [0.25, 0.3) is 0 Å². The first-order chi connectivity index (χ1) is 9.87. The summed E-state index contributed by atoms with van der Waals surface area (Å²) in [5.74, 6) is 0. The third kappa shape index (κ3) is 3.29. The number of nitrogens with two attached hydrogens (primary N) is 1. The fourth-order valence-corrected chi connectivity index (χ4v) is 4.42. The Bertz CT molecular complexity index is 601. The molecule has 1 aromatic rings. The van der Waals surface area contributed by atoms with Gasteiger partial charge in [-0.1, -0.05) is 18.9 Å². The second kappa shape index (κ2) is 6.44. The molecule has 3 N–H and O–H groups in total. The molecule has 0 saturated heterocycles. The molecule has 1 aliphatic rings. The lowest BCUT2D eigenvalue weighted by molar-refractivity contribution is 0.0638. The summed E-state index contributed by atoms with van der Waals surface area (Å²) in [6, 6.07) is 4.67. The Morgan fingerprint density at radius 2 is 2.00 bits per heavy atom. The number of nitrogens with zero attached hydrogens (tertiary/aromatic N) is 1. The fourth-order valence-electron chi connectivity index (χ4n) is 2.92. The zero-order valence-electron chi connectivity index (χ0n) is 12.6. The van der Waals surface area contributed by atoms with Gasteiger partial charge in [0, 0.05) is 13.6 Å². The zero-order valence-corrected chi connectivity index (χ0v) is 13.4. The molecule has 2 atom stereocenters. The summed E-state index contributed by atoms with van der Waals surface area (Å²) >= 11 is 0. The van der Waals surface area contributed by atoms with E-state index in [1.807, 2.05) is 6.92 Å². The van der Waals surface area contributed by atoms with Crippen LogP contribution in [-0.2, 0) is 16.6 Å². The standard InChI is InChI=1S/C15H24N2O3S/c1-11-9-13(8-7-12(11)10-16)21(19,20)17(2)14-5-3-4-6-15(14)18/h7-9,14-15,18H,3-6,10,16H2,1-2H3.